The number of carbonyl (C=O) groups excluding carboxylic acids is 1. The minimum absolute atomic E-state index is 0.0691. The first-order valence-electron chi connectivity index (χ1n) is 6.84. The van der Waals surface area contributed by atoms with Crippen LogP contribution in [0.2, 0.25) is 0 Å². The van der Waals surface area contributed by atoms with Crippen LogP contribution in [0, 0.1) is 13.8 Å². The first-order valence-corrected chi connectivity index (χ1v) is 6.84. The molecule has 0 saturated heterocycles. The lowest BCUT2D eigenvalue weighted by Gasteiger charge is -2.06. The van der Waals surface area contributed by atoms with Crippen LogP contribution in [0.25, 0.3) is 5.69 Å². The fourth-order valence-electron chi connectivity index (χ4n) is 2.08. The summed E-state index contributed by atoms with van der Waals surface area (Å²) >= 11 is 0. The van der Waals surface area contributed by atoms with Crippen LogP contribution in [-0.2, 0) is 11.3 Å². The minimum Gasteiger partial charge on any atom is -0.454 e. The molecule has 2 heterocycles. The van der Waals surface area contributed by atoms with Gasteiger partial charge in [0.25, 0.3) is 0 Å². The van der Waals surface area contributed by atoms with Crippen molar-refractivity contribution in [1.82, 2.24) is 14.9 Å². The van der Waals surface area contributed by atoms with Crippen molar-refractivity contribution in [2.75, 3.05) is 0 Å². The summed E-state index contributed by atoms with van der Waals surface area (Å²) in [7, 11) is 0. The van der Waals surface area contributed by atoms with E-state index in [2.05, 4.69) is 10.3 Å². The summed E-state index contributed by atoms with van der Waals surface area (Å²) in [6, 6.07) is 10.7. The predicted molar refractivity (Wildman–Crippen MR) is 78.7 cm³/mol. The van der Waals surface area contributed by atoms with Gasteiger partial charge < -0.3 is 9.26 Å². The molecule has 3 aromatic rings. The lowest BCUT2D eigenvalue weighted by molar-refractivity contribution is 0.0437. The third-order valence-electron chi connectivity index (χ3n) is 3.20. The summed E-state index contributed by atoms with van der Waals surface area (Å²) in [5.74, 6) is 0.118. The second kappa shape index (κ2) is 5.85. The highest BCUT2D eigenvalue weighted by atomic mass is 16.5. The number of esters is 1. The number of aromatic nitrogens is 3. The largest absolute Gasteiger partial charge is 0.454 e. The Hall–Kier alpha value is -2.89. The van der Waals surface area contributed by atoms with Gasteiger partial charge in [-0.3, -0.25) is 0 Å². The Bertz CT molecular complexity index is 787. The molecule has 0 N–H and O–H groups in total. The van der Waals surface area contributed by atoms with Crippen LogP contribution in [0.1, 0.15) is 27.5 Å². The Kier molecular flexibility index (Phi) is 3.74. The molecule has 0 radical (unpaired) electrons. The molecule has 2 aromatic heterocycles. The Morgan fingerprint density at radius 1 is 1.23 bits per heavy atom. The molecular formula is C16H15N3O3. The molecule has 6 heteroatoms. The maximum atomic E-state index is 12.0. The van der Waals surface area contributed by atoms with Crippen molar-refractivity contribution >= 4 is 5.97 Å². The van der Waals surface area contributed by atoms with E-state index in [-0.39, 0.29) is 6.61 Å². The van der Waals surface area contributed by atoms with E-state index in [0.717, 1.165) is 17.1 Å². The third kappa shape index (κ3) is 2.90. The normalized spacial score (nSPS) is 10.6. The van der Waals surface area contributed by atoms with Gasteiger partial charge in [-0.25, -0.2) is 9.48 Å². The van der Waals surface area contributed by atoms with Crippen LogP contribution in [0.15, 0.2) is 47.1 Å². The number of nitrogens with zero attached hydrogens (tertiary/aromatic N) is 3. The summed E-state index contributed by atoms with van der Waals surface area (Å²) in [6.07, 6.45) is 1.73. The number of carbonyl (C=O) groups is 1. The SMILES string of the molecule is Cc1cc(COC(=O)c2ccc(-n3nccc3C)cc2)on1. The number of benzene rings is 1. The highest BCUT2D eigenvalue weighted by Gasteiger charge is 2.10. The molecule has 0 fully saturated rings. The Morgan fingerprint density at radius 3 is 2.59 bits per heavy atom. The van der Waals surface area contributed by atoms with E-state index < -0.39 is 5.97 Å². The molecule has 0 atom stereocenters. The van der Waals surface area contributed by atoms with Gasteiger partial charge in [-0.2, -0.15) is 5.10 Å². The van der Waals surface area contributed by atoms with Crippen molar-refractivity contribution in [2.24, 2.45) is 0 Å². The quantitative estimate of drug-likeness (QED) is 0.692. The van der Waals surface area contributed by atoms with Crippen molar-refractivity contribution in [2.45, 2.75) is 20.5 Å². The molecule has 0 bridgehead atoms. The molecule has 0 aliphatic rings. The molecule has 3 rings (SSSR count). The van der Waals surface area contributed by atoms with Gasteiger partial charge >= 0.3 is 5.97 Å². The molecule has 112 valence electrons. The van der Waals surface area contributed by atoms with Gasteiger partial charge in [-0.1, -0.05) is 5.16 Å². The van der Waals surface area contributed by atoms with Crippen LogP contribution < -0.4 is 0 Å². The molecule has 22 heavy (non-hydrogen) atoms. The summed E-state index contributed by atoms with van der Waals surface area (Å²) in [4.78, 5) is 12.0. The molecule has 6 nitrogen and oxygen atoms in total. The fraction of sp³-hybridized carbons (Fsp3) is 0.188. The fourth-order valence-corrected chi connectivity index (χ4v) is 2.08. The van der Waals surface area contributed by atoms with E-state index >= 15 is 0 Å². The standard InChI is InChI=1S/C16H15N3O3/c1-11-9-15(22-18-11)10-21-16(20)13-3-5-14(6-4-13)19-12(2)7-8-17-19/h3-9H,10H2,1-2H3. The molecule has 1 aromatic carbocycles. The van der Waals surface area contributed by atoms with Gasteiger partial charge in [0.2, 0.25) is 0 Å². The van der Waals surface area contributed by atoms with Gasteiger partial charge in [-0.05, 0) is 44.2 Å². The summed E-state index contributed by atoms with van der Waals surface area (Å²) in [5, 5.41) is 7.96. The minimum atomic E-state index is -0.405. The molecule has 0 unspecified atom stereocenters. The van der Waals surface area contributed by atoms with Gasteiger partial charge in [0.1, 0.15) is 0 Å². The Morgan fingerprint density at radius 2 is 2.00 bits per heavy atom. The first kappa shape index (κ1) is 14.1. The van der Waals surface area contributed by atoms with Gasteiger partial charge in [-0.15, -0.1) is 0 Å². The van der Waals surface area contributed by atoms with Crippen LogP contribution >= 0.6 is 0 Å². The zero-order valence-electron chi connectivity index (χ0n) is 12.3. The van der Waals surface area contributed by atoms with E-state index in [1.807, 2.05) is 32.0 Å². The van der Waals surface area contributed by atoms with Gasteiger partial charge in [0.05, 0.1) is 16.9 Å². The van der Waals surface area contributed by atoms with E-state index in [0.29, 0.717) is 11.3 Å². The van der Waals surface area contributed by atoms with E-state index in [1.54, 1.807) is 29.1 Å². The first-order chi connectivity index (χ1) is 10.6. The second-order valence-corrected chi connectivity index (χ2v) is 4.94. The van der Waals surface area contributed by atoms with E-state index in [9.17, 15) is 4.79 Å². The van der Waals surface area contributed by atoms with Crippen molar-refractivity contribution < 1.29 is 14.1 Å². The monoisotopic (exact) mass is 297 g/mol. The molecule has 0 spiro atoms. The number of aryl methyl sites for hydroxylation is 2. The van der Waals surface area contributed by atoms with Gasteiger partial charge in [0, 0.05) is 18.0 Å². The van der Waals surface area contributed by atoms with Crippen molar-refractivity contribution in [3.05, 3.63) is 65.3 Å². The average molecular weight is 297 g/mol. The molecule has 0 saturated carbocycles. The van der Waals surface area contributed by atoms with Crippen LogP contribution in [0.5, 0.6) is 0 Å². The molecular weight excluding hydrogens is 282 g/mol. The van der Waals surface area contributed by atoms with Gasteiger partial charge in [0.15, 0.2) is 12.4 Å². The average Bonchev–Trinajstić information content (AvgIpc) is 3.13. The lowest BCUT2D eigenvalue weighted by Crippen LogP contribution is -2.05. The number of hydrogen-bond donors (Lipinski definition) is 0. The number of rotatable bonds is 4. The summed E-state index contributed by atoms with van der Waals surface area (Å²) < 4.78 is 12.0. The Balaban J connectivity index is 1.67. The highest BCUT2D eigenvalue weighted by molar-refractivity contribution is 5.89. The van der Waals surface area contributed by atoms with Crippen molar-refractivity contribution in [3.8, 4) is 5.69 Å². The summed E-state index contributed by atoms with van der Waals surface area (Å²) in [5.41, 5.74) is 3.15. The number of ether oxygens (including phenoxy) is 1. The maximum Gasteiger partial charge on any atom is 0.338 e. The van der Waals surface area contributed by atoms with Crippen molar-refractivity contribution in [1.29, 1.82) is 0 Å². The van der Waals surface area contributed by atoms with E-state index in [4.69, 9.17) is 9.26 Å². The molecule has 0 amide bonds. The molecule has 0 aliphatic carbocycles. The zero-order valence-corrected chi connectivity index (χ0v) is 12.3. The van der Waals surface area contributed by atoms with Crippen LogP contribution in [0.3, 0.4) is 0 Å². The second-order valence-electron chi connectivity index (χ2n) is 4.94. The molecule has 0 aliphatic heterocycles. The smallest absolute Gasteiger partial charge is 0.338 e. The summed E-state index contributed by atoms with van der Waals surface area (Å²) in [6.45, 7) is 3.85. The lowest BCUT2D eigenvalue weighted by atomic mass is 10.2. The number of hydrogen-bond acceptors (Lipinski definition) is 5. The zero-order chi connectivity index (χ0) is 15.5. The van der Waals surface area contributed by atoms with E-state index in [1.165, 1.54) is 0 Å². The highest BCUT2D eigenvalue weighted by Crippen LogP contribution is 2.13. The van der Waals surface area contributed by atoms with Crippen LogP contribution in [-0.4, -0.2) is 20.9 Å². The van der Waals surface area contributed by atoms with Crippen molar-refractivity contribution in [3.63, 3.8) is 0 Å². The Labute approximate surface area is 127 Å². The topological polar surface area (TPSA) is 70.2 Å². The van der Waals surface area contributed by atoms with Crippen LogP contribution in [0.4, 0.5) is 0 Å². The maximum absolute atomic E-state index is 12.0. The predicted octanol–water partition coefficient (Wildman–Crippen LogP) is 2.83. The third-order valence-corrected chi connectivity index (χ3v) is 3.20.